The van der Waals surface area contributed by atoms with E-state index in [0.717, 1.165) is 36.8 Å². The van der Waals surface area contributed by atoms with Crippen molar-refractivity contribution in [3.8, 4) is 11.5 Å². The Bertz CT molecular complexity index is 1780. The SMILES string of the molecule is CC(C)(C)OC(=O)CC/C(=C\F)CBr.CC(C)(C)OC(=O)CC/C(=C\F)COc1cnc2c(c1)CN(C1CC1)C2=O.O=C1c2ncc(O)cc2CN1C1CC1. The Morgan fingerprint density at radius 2 is 1.24 bits per heavy atom. The van der Waals surface area contributed by atoms with Crippen molar-refractivity contribution in [3.05, 3.63) is 70.8 Å². The van der Waals surface area contributed by atoms with Crippen molar-refractivity contribution in [2.24, 2.45) is 0 Å². The Morgan fingerprint density at radius 1 is 0.782 bits per heavy atom. The van der Waals surface area contributed by atoms with E-state index in [2.05, 4.69) is 25.9 Å². The lowest BCUT2D eigenvalue weighted by Crippen LogP contribution is -2.26. The second-order valence-electron chi connectivity index (χ2n) is 15.8. The van der Waals surface area contributed by atoms with Crippen molar-refractivity contribution >= 4 is 39.7 Å². The molecule has 0 aromatic carbocycles. The van der Waals surface area contributed by atoms with E-state index in [0.29, 0.717) is 77.9 Å². The fourth-order valence-electron chi connectivity index (χ4n) is 5.63. The molecule has 2 fully saturated rings. The van der Waals surface area contributed by atoms with Crippen LogP contribution in [0.15, 0.2) is 48.3 Å². The molecule has 15 heteroatoms. The molecule has 12 nitrogen and oxygen atoms in total. The van der Waals surface area contributed by atoms with Gasteiger partial charge in [-0.05, 0) is 103 Å². The number of nitrogens with zero attached hydrogens (tertiary/aromatic N) is 4. The molecule has 0 bridgehead atoms. The quantitative estimate of drug-likeness (QED) is 0.166. The summed E-state index contributed by atoms with van der Waals surface area (Å²) in [5, 5.41) is 9.68. The zero-order valence-corrected chi connectivity index (χ0v) is 33.9. The molecule has 6 rings (SSSR count). The summed E-state index contributed by atoms with van der Waals surface area (Å²) in [6.45, 7) is 12.0. The molecule has 0 radical (unpaired) electrons. The summed E-state index contributed by atoms with van der Waals surface area (Å²) in [6.07, 6.45) is 9.03. The van der Waals surface area contributed by atoms with Crippen LogP contribution in [0.5, 0.6) is 11.5 Å². The number of allylic oxidation sites excluding steroid dienone is 1. The average Bonchev–Trinajstić information content (AvgIpc) is 4.05. The molecule has 0 spiro atoms. The Kier molecular flexibility index (Phi) is 14.9. The molecule has 2 aromatic rings. The topological polar surface area (TPSA) is 148 Å². The first-order chi connectivity index (χ1) is 25.9. The molecule has 0 unspecified atom stereocenters. The van der Waals surface area contributed by atoms with Gasteiger partial charge in [-0.2, -0.15) is 0 Å². The van der Waals surface area contributed by atoms with Crippen LogP contribution < -0.4 is 4.74 Å². The van der Waals surface area contributed by atoms with Gasteiger partial charge in [0.1, 0.15) is 40.7 Å². The first-order valence-corrected chi connectivity index (χ1v) is 19.5. The predicted octanol–water partition coefficient (Wildman–Crippen LogP) is 7.82. The molecule has 0 saturated heterocycles. The first-order valence-electron chi connectivity index (χ1n) is 18.4. The number of fused-ring (bicyclic) bond motifs is 2. The van der Waals surface area contributed by atoms with Gasteiger partial charge in [0.15, 0.2) is 0 Å². The molecule has 55 heavy (non-hydrogen) atoms. The van der Waals surface area contributed by atoms with E-state index < -0.39 is 11.2 Å². The monoisotopic (exact) mass is 832 g/mol. The molecule has 4 aliphatic rings. The average molecular weight is 834 g/mol. The molecule has 2 saturated carbocycles. The number of alkyl halides is 1. The third-order valence-corrected chi connectivity index (χ3v) is 9.24. The van der Waals surface area contributed by atoms with E-state index >= 15 is 0 Å². The van der Waals surface area contributed by atoms with Crippen LogP contribution in [0, 0.1) is 0 Å². The Morgan fingerprint density at radius 3 is 1.67 bits per heavy atom. The van der Waals surface area contributed by atoms with Crippen molar-refractivity contribution in [1.29, 1.82) is 0 Å². The largest absolute Gasteiger partial charge is 0.506 e. The predicted molar refractivity (Wildman–Crippen MR) is 204 cm³/mol. The number of hydrogen-bond donors (Lipinski definition) is 1. The lowest BCUT2D eigenvalue weighted by atomic mass is 10.1. The minimum Gasteiger partial charge on any atom is -0.506 e. The van der Waals surface area contributed by atoms with Crippen LogP contribution in [0.1, 0.15) is 125 Å². The van der Waals surface area contributed by atoms with E-state index in [1.54, 1.807) is 53.7 Å². The number of rotatable bonds is 12. The van der Waals surface area contributed by atoms with Crippen molar-refractivity contribution in [2.75, 3.05) is 11.9 Å². The van der Waals surface area contributed by atoms with Crippen molar-refractivity contribution in [1.82, 2.24) is 19.8 Å². The van der Waals surface area contributed by atoms with Gasteiger partial charge in [-0.15, -0.1) is 0 Å². The molecular weight excluding hydrogens is 782 g/mol. The molecule has 4 heterocycles. The van der Waals surface area contributed by atoms with Crippen LogP contribution >= 0.6 is 15.9 Å². The number of aromatic nitrogens is 2. The van der Waals surface area contributed by atoms with E-state index in [1.165, 1.54) is 12.4 Å². The van der Waals surface area contributed by atoms with Crippen molar-refractivity contribution in [3.63, 3.8) is 0 Å². The van der Waals surface area contributed by atoms with Gasteiger partial charge in [0, 0.05) is 54.5 Å². The van der Waals surface area contributed by atoms with Gasteiger partial charge in [0.05, 0.1) is 25.1 Å². The summed E-state index contributed by atoms with van der Waals surface area (Å²) in [6, 6.07) is 4.17. The lowest BCUT2D eigenvalue weighted by Gasteiger charge is -2.19. The minimum atomic E-state index is -0.560. The fourth-order valence-corrected chi connectivity index (χ4v) is 6.03. The molecule has 2 aliphatic heterocycles. The fraction of sp³-hybridized carbons (Fsp3) is 0.550. The van der Waals surface area contributed by atoms with Gasteiger partial charge in [-0.25, -0.2) is 18.7 Å². The Balaban J connectivity index is 0.000000202. The molecule has 1 N–H and O–H groups in total. The molecular formula is C40H51BrF2N4O8. The molecule has 2 aliphatic carbocycles. The lowest BCUT2D eigenvalue weighted by molar-refractivity contribution is -0.155. The first kappa shape index (κ1) is 43.3. The van der Waals surface area contributed by atoms with E-state index in [9.17, 15) is 33.1 Å². The maximum Gasteiger partial charge on any atom is 0.306 e. The number of hydrogen-bond acceptors (Lipinski definition) is 10. The summed E-state index contributed by atoms with van der Waals surface area (Å²) in [5.74, 6) is -0.0641. The van der Waals surface area contributed by atoms with Gasteiger partial charge in [-0.1, -0.05) is 15.9 Å². The summed E-state index contributed by atoms with van der Waals surface area (Å²) in [5.41, 5.74) is 2.56. The second kappa shape index (κ2) is 19.0. The van der Waals surface area contributed by atoms with E-state index in [-0.39, 0.29) is 55.4 Å². The van der Waals surface area contributed by atoms with Crippen LogP contribution in [0.2, 0.25) is 0 Å². The molecule has 0 atom stereocenters. The standard InChI is InChI=1S/C20H25FN2O4.C10H16BrFO2.C10H10N2O2/c1-20(2,3)27-17(24)7-4-13(9-21)12-26-16-8-14-11-23(15-5-6-15)19(25)18(14)22-10-16;1-10(2,3)14-9(13)5-4-8(6-11)7-12;13-8-3-6-5-12(7-1-2-7)10(14)9(6)11-4-8/h8-10,15H,4-7,11-12H2,1-3H3;7H,4-6H2,1-3H3;3-4,7,13H,1-2,5H2/b13-9+;8-7+;. The highest BCUT2D eigenvalue weighted by atomic mass is 79.9. The van der Waals surface area contributed by atoms with Crippen molar-refractivity contribution in [2.45, 2.75) is 129 Å². The maximum absolute atomic E-state index is 13.1. The third-order valence-electron chi connectivity index (χ3n) is 8.52. The Hall–Kier alpha value is -4.40. The van der Waals surface area contributed by atoms with Crippen LogP contribution in [-0.4, -0.2) is 83.9 Å². The minimum absolute atomic E-state index is 0.0139. The smallest absolute Gasteiger partial charge is 0.306 e. The number of amides is 2. The molecule has 300 valence electrons. The summed E-state index contributed by atoms with van der Waals surface area (Å²) in [4.78, 5) is 58.9. The number of esters is 2. The van der Waals surface area contributed by atoms with Gasteiger partial charge in [-0.3, -0.25) is 19.2 Å². The van der Waals surface area contributed by atoms with Gasteiger partial charge >= 0.3 is 11.9 Å². The van der Waals surface area contributed by atoms with Gasteiger partial charge in [0.25, 0.3) is 11.8 Å². The number of aromatic hydroxyl groups is 1. The highest BCUT2D eigenvalue weighted by Crippen LogP contribution is 2.36. The number of halogens is 3. The molecule has 2 aromatic heterocycles. The Labute approximate surface area is 329 Å². The van der Waals surface area contributed by atoms with Crippen LogP contribution in [-0.2, 0) is 32.2 Å². The number of ether oxygens (including phenoxy) is 3. The van der Waals surface area contributed by atoms with Gasteiger partial charge < -0.3 is 29.1 Å². The maximum atomic E-state index is 13.1. The van der Waals surface area contributed by atoms with Gasteiger partial charge in [0.2, 0.25) is 0 Å². The van der Waals surface area contributed by atoms with Crippen LogP contribution in [0.3, 0.4) is 0 Å². The van der Waals surface area contributed by atoms with E-state index in [1.807, 2.05) is 9.80 Å². The second-order valence-corrected chi connectivity index (χ2v) is 16.4. The normalized spacial score (nSPS) is 16.7. The zero-order valence-electron chi connectivity index (χ0n) is 32.3. The number of carbonyl (C=O) groups excluding carboxylic acids is 4. The summed E-state index contributed by atoms with van der Waals surface area (Å²) < 4.78 is 41.1. The highest BCUT2D eigenvalue weighted by Gasteiger charge is 2.40. The summed E-state index contributed by atoms with van der Waals surface area (Å²) >= 11 is 3.13. The number of carbonyl (C=O) groups is 4. The van der Waals surface area contributed by atoms with Crippen LogP contribution in [0.4, 0.5) is 8.78 Å². The molecule has 2 amide bonds. The third kappa shape index (κ3) is 13.7. The zero-order chi connectivity index (χ0) is 40.5. The highest BCUT2D eigenvalue weighted by molar-refractivity contribution is 9.09. The van der Waals surface area contributed by atoms with Crippen LogP contribution in [0.25, 0.3) is 0 Å². The number of pyridine rings is 2. The summed E-state index contributed by atoms with van der Waals surface area (Å²) in [7, 11) is 0. The van der Waals surface area contributed by atoms with E-state index in [4.69, 9.17) is 14.2 Å². The van der Waals surface area contributed by atoms with Crippen molar-refractivity contribution < 1.29 is 47.3 Å².